The number of hydrogen-bond donors (Lipinski definition) is 4. The number of nitrogens with zero attached hydrogens (tertiary/aromatic N) is 1. The van der Waals surface area contributed by atoms with Crippen molar-refractivity contribution in [1.29, 1.82) is 0 Å². The van der Waals surface area contributed by atoms with Crippen molar-refractivity contribution in [3.63, 3.8) is 0 Å². The molecular weight excluding hydrogens is 375 g/mol. The first kappa shape index (κ1) is 16.6. The van der Waals surface area contributed by atoms with Gasteiger partial charge in [-0.05, 0) is 15.9 Å². The molecule has 1 fully saturated rings. The van der Waals surface area contributed by atoms with E-state index in [1.165, 1.54) is 6.20 Å². The number of aromatic nitrogens is 2. The Bertz CT molecular complexity index is 681. The van der Waals surface area contributed by atoms with E-state index in [1.807, 2.05) is 0 Å². The highest BCUT2D eigenvalue weighted by molar-refractivity contribution is 9.10. The van der Waals surface area contributed by atoms with Gasteiger partial charge in [-0.1, -0.05) is 0 Å². The minimum Gasteiger partial charge on any atom is -0.390 e. The third-order valence-electron chi connectivity index (χ3n) is 2.85. The smallest absolute Gasteiger partial charge is 0.390 e. The molecule has 4 N–H and O–H groups in total. The van der Waals surface area contributed by atoms with Gasteiger partial charge in [0.15, 0.2) is 0 Å². The van der Waals surface area contributed by atoms with Crippen LogP contribution in [-0.2, 0) is 13.8 Å². The fourth-order valence-corrected chi connectivity index (χ4v) is 2.54. The van der Waals surface area contributed by atoms with Crippen molar-refractivity contribution in [1.82, 2.24) is 9.55 Å². The number of H-pyrrole nitrogens is 1. The number of halogens is 1. The first-order valence-corrected chi connectivity index (χ1v) is 8.04. The number of phosphoric acid groups is 1. The number of aliphatic hydroxyl groups excluding tert-OH is 1. The summed E-state index contributed by atoms with van der Waals surface area (Å²) in [4.78, 5) is 42.2. The van der Waals surface area contributed by atoms with Crippen LogP contribution in [0.2, 0.25) is 0 Å². The van der Waals surface area contributed by atoms with Gasteiger partial charge in [-0.25, -0.2) is 9.36 Å². The van der Waals surface area contributed by atoms with E-state index in [2.05, 4.69) is 25.4 Å². The zero-order chi connectivity index (χ0) is 15.8. The third kappa shape index (κ3) is 4.10. The van der Waals surface area contributed by atoms with E-state index in [9.17, 15) is 19.3 Å². The molecule has 1 aromatic heterocycles. The van der Waals surface area contributed by atoms with Gasteiger partial charge < -0.3 is 19.6 Å². The van der Waals surface area contributed by atoms with Gasteiger partial charge in [-0.3, -0.25) is 18.9 Å². The Morgan fingerprint density at radius 2 is 2.19 bits per heavy atom. The van der Waals surface area contributed by atoms with Gasteiger partial charge in [0.05, 0.1) is 17.2 Å². The van der Waals surface area contributed by atoms with Crippen LogP contribution < -0.4 is 11.2 Å². The van der Waals surface area contributed by atoms with Crippen LogP contribution in [0.1, 0.15) is 12.6 Å². The van der Waals surface area contributed by atoms with E-state index < -0.39 is 44.1 Å². The van der Waals surface area contributed by atoms with Crippen LogP contribution in [0, 0.1) is 0 Å². The summed E-state index contributed by atoms with van der Waals surface area (Å²) in [6.45, 7) is -0.527. The molecule has 0 radical (unpaired) electrons. The van der Waals surface area contributed by atoms with Crippen LogP contribution in [0.25, 0.3) is 0 Å². The molecule has 0 aromatic carbocycles. The van der Waals surface area contributed by atoms with Crippen molar-refractivity contribution in [2.75, 3.05) is 6.61 Å². The predicted octanol–water partition coefficient (Wildman–Crippen LogP) is -0.943. The Kier molecular flexibility index (Phi) is 4.83. The largest absolute Gasteiger partial charge is 0.469 e. The normalized spacial score (nSPS) is 26.2. The molecular formula is C9H12BrN2O8P. The molecule has 0 amide bonds. The van der Waals surface area contributed by atoms with Gasteiger partial charge in [0.25, 0.3) is 5.56 Å². The molecule has 2 heterocycles. The molecule has 0 spiro atoms. The van der Waals surface area contributed by atoms with Gasteiger partial charge >= 0.3 is 13.5 Å². The van der Waals surface area contributed by atoms with Gasteiger partial charge in [0, 0.05) is 12.6 Å². The van der Waals surface area contributed by atoms with E-state index >= 15 is 0 Å². The van der Waals surface area contributed by atoms with Crippen molar-refractivity contribution in [2.24, 2.45) is 0 Å². The van der Waals surface area contributed by atoms with Crippen molar-refractivity contribution >= 4 is 23.8 Å². The fourth-order valence-electron chi connectivity index (χ4n) is 1.88. The predicted molar refractivity (Wildman–Crippen MR) is 71.6 cm³/mol. The summed E-state index contributed by atoms with van der Waals surface area (Å²) in [6, 6.07) is 0. The summed E-state index contributed by atoms with van der Waals surface area (Å²) in [5, 5.41) is 9.78. The number of ether oxygens (including phenoxy) is 1. The summed E-state index contributed by atoms with van der Waals surface area (Å²) < 4.78 is 21.4. The molecule has 12 heteroatoms. The van der Waals surface area contributed by atoms with Crippen molar-refractivity contribution in [3.8, 4) is 0 Å². The quantitative estimate of drug-likeness (QED) is 0.483. The third-order valence-corrected chi connectivity index (χ3v) is 3.90. The highest BCUT2D eigenvalue weighted by Crippen LogP contribution is 2.38. The summed E-state index contributed by atoms with van der Waals surface area (Å²) in [5.41, 5.74) is -1.33. The minimum absolute atomic E-state index is 0.00752. The Morgan fingerprint density at radius 1 is 1.52 bits per heavy atom. The van der Waals surface area contributed by atoms with Crippen molar-refractivity contribution in [2.45, 2.75) is 24.9 Å². The van der Waals surface area contributed by atoms with Crippen LogP contribution in [0.15, 0.2) is 20.3 Å². The molecule has 0 saturated carbocycles. The van der Waals surface area contributed by atoms with E-state index in [0.717, 1.165) is 4.57 Å². The zero-order valence-electron chi connectivity index (χ0n) is 10.4. The topological polar surface area (TPSA) is 151 Å². The van der Waals surface area contributed by atoms with Crippen LogP contribution in [0.5, 0.6) is 0 Å². The fraction of sp³-hybridized carbons (Fsp3) is 0.556. The standard InChI is InChI=1S/C9H12BrN2O8P/c10-4-2-12(9(15)11-8(4)14)7-1-5(13)6(20-7)3-19-21(16,17)18/h2,5-7,13H,1,3H2,(H,11,14,15)(H2,16,17,18)/t5-,6-,7-/m0/s1. The van der Waals surface area contributed by atoms with E-state index in [1.54, 1.807) is 0 Å². The molecule has 21 heavy (non-hydrogen) atoms. The highest BCUT2D eigenvalue weighted by atomic mass is 79.9. The highest BCUT2D eigenvalue weighted by Gasteiger charge is 2.37. The number of phosphoric ester groups is 1. The Morgan fingerprint density at radius 3 is 2.81 bits per heavy atom. The molecule has 0 aliphatic carbocycles. The number of hydrogen-bond acceptors (Lipinski definition) is 6. The first-order valence-electron chi connectivity index (χ1n) is 5.72. The molecule has 1 saturated heterocycles. The van der Waals surface area contributed by atoms with Gasteiger partial charge in [-0.15, -0.1) is 0 Å². The second-order valence-corrected chi connectivity index (χ2v) is 6.46. The molecule has 118 valence electrons. The summed E-state index contributed by atoms with van der Waals surface area (Å²) in [7, 11) is -4.67. The molecule has 1 aliphatic rings. The second-order valence-electron chi connectivity index (χ2n) is 4.36. The Hall–Kier alpha value is -0.810. The molecule has 10 nitrogen and oxygen atoms in total. The SMILES string of the molecule is O=c1[nH]c(=O)n([C@@H]2C[C@H](O)[C@H](COP(=O)(O)O)O2)cc1Br. The van der Waals surface area contributed by atoms with E-state index in [4.69, 9.17) is 14.5 Å². The average Bonchev–Trinajstić information content (AvgIpc) is 2.72. The maximum Gasteiger partial charge on any atom is 0.469 e. The lowest BCUT2D eigenvalue weighted by molar-refractivity contribution is -0.0451. The van der Waals surface area contributed by atoms with Crippen LogP contribution >= 0.6 is 23.8 Å². The number of nitrogens with one attached hydrogen (secondary N) is 1. The van der Waals surface area contributed by atoms with Crippen molar-refractivity contribution < 1.29 is 28.7 Å². The first-order chi connectivity index (χ1) is 9.67. The Labute approximate surface area is 125 Å². The second kappa shape index (κ2) is 6.13. The lowest BCUT2D eigenvalue weighted by atomic mass is 10.2. The van der Waals surface area contributed by atoms with E-state index in [-0.39, 0.29) is 10.9 Å². The Balaban J connectivity index is 2.14. The zero-order valence-corrected chi connectivity index (χ0v) is 12.9. The van der Waals surface area contributed by atoms with E-state index in [0.29, 0.717) is 0 Å². The molecule has 2 rings (SSSR count). The maximum absolute atomic E-state index is 11.7. The molecule has 0 unspecified atom stereocenters. The van der Waals surface area contributed by atoms with Crippen molar-refractivity contribution in [3.05, 3.63) is 31.5 Å². The molecule has 1 aliphatic heterocycles. The van der Waals surface area contributed by atoms with Gasteiger partial charge in [0.2, 0.25) is 0 Å². The summed E-state index contributed by atoms with van der Waals surface area (Å²) >= 11 is 2.97. The van der Waals surface area contributed by atoms with Crippen LogP contribution in [-0.4, -0.2) is 43.3 Å². The number of aromatic amines is 1. The lowest BCUT2D eigenvalue weighted by Crippen LogP contribution is -2.32. The summed E-state index contributed by atoms with van der Waals surface area (Å²) in [5.74, 6) is 0. The minimum atomic E-state index is -4.67. The average molecular weight is 387 g/mol. The van der Waals surface area contributed by atoms with Gasteiger partial charge in [0.1, 0.15) is 12.3 Å². The van der Waals surface area contributed by atoms with Crippen LogP contribution in [0.4, 0.5) is 0 Å². The summed E-state index contributed by atoms with van der Waals surface area (Å²) in [6.07, 6.45) is -1.73. The lowest BCUT2D eigenvalue weighted by Gasteiger charge is -2.16. The number of rotatable bonds is 4. The molecule has 3 atom stereocenters. The maximum atomic E-state index is 11.7. The van der Waals surface area contributed by atoms with Crippen LogP contribution in [0.3, 0.4) is 0 Å². The number of aliphatic hydroxyl groups is 1. The molecule has 0 bridgehead atoms. The molecule has 1 aromatic rings. The monoisotopic (exact) mass is 386 g/mol. The van der Waals surface area contributed by atoms with Gasteiger partial charge in [-0.2, -0.15) is 0 Å².